The topological polar surface area (TPSA) is 100 Å². The number of phenols is 1. The average molecular weight is 325 g/mol. The highest BCUT2D eigenvalue weighted by Gasteiger charge is 2.16. The zero-order valence-corrected chi connectivity index (χ0v) is 12.9. The predicted molar refractivity (Wildman–Crippen MR) is 88.4 cm³/mol. The van der Waals surface area contributed by atoms with Crippen LogP contribution in [-0.2, 0) is 4.79 Å². The van der Waals surface area contributed by atoms with Crippen molar-refractivity contribution in [2.75, 3.05) is 11.9 Å². The van der Waals surface area contributed by atoms with E-state index in [1.807, 2.05) is 0 Å². The third kappa shape index (κ3) is 3.35. The predicted octanol–water partition coefficient (Wildman–Crippen LogP) is 1.88. The molecule has 2 aromatic carbocycles. The molecule has 0 spiro atoms. The number of hydrogen-bond donors (Lipinski definition) is 3. The number of benzene rings is 2. The number of hydrogen-bond acceptors (Lipinski definition) is 5. The lowest BCUT2D eigenvalue weighted by atomic mass is 10.1. The van der Waals surface area contributed by atoms with Crippen molar-refractivity contribution < 1.29 is 19.4 Å². The fourth-order valence-corrected chi connectivity index (χ4v) is 2.22. The van der Waals surface area contributed by atoms with Crippen LogP contribution >= 0.6 is 0 Å². The lowest BCUT2D eigenvalue weighted by Gasteiger charge is -2.18. The summed E-state index contributed by atoms with van der Waals surface area (Å²) in [4.78, 5) is 23.4. The van der Waals surface area contributed by atoms with Crippen molar-refractivity contribution >= 4 is 23.2 Å². The molecular weight excluding hydrogens is 310 g/mol. The van der Waals surface area contributed by atoms with E-state index in [2.05, 4.69) is 15.8 Å². The summed E-state index contributed by atoms with van der Waals surface area (Å²) in [5, 5.41) is 16.2. The second kappa shape index (κ2) is 6.41. The third-order valence-corrected chi connectivity index (χ3v) is 3.46. The highest BCUT2D eigenvalue weighted by Crippen LogP contribution is 2.28. The molecule has 7 nitrogen and oxygen atoms in total. The number of hydrazone groups is 1. The van der Waals surface area contributed by atoms with Gasteiger partial charge in [-0.3, -0.25) is 9.59 Å². The molecule has 2 amide bonds. The standard InChI is InChI=1S/C17H15N3O4/c1-10(19-20-17(23)12-3-2-4-13(21)7-12)11-5-6-15-14(8-11)18-16(22)9-24-15/h2-8,21H,9H2,1H3,(H,18,22)(H,20,23)/b19-10-. The monoisotopic (exact) mass is 325 g/mol. The van der Waals surface area contributed by atoms with E-state index in [1.165, 1.54) is 12.1 Å². The first kappa shape index (κ1) is 15.5. The number of nitrogens with zero attached hydrogens (tertiary/aromatic N) is 1. The maximum atomic E-state index is 12.0. The van der Waals surface area contributed by atoms with Gasteiger partial charge in [0.25, 0.3) is 11.8 Å². The molecule has 24 heavy (non-hydrogen) atoms. The second-order valence-electron chi connectivity index (χ2n) is 5.24. The average Bonchev–Trinajstić information content (AvgIpc) is 2.58. The Hall–Kier alpha value is -3.35. The summed E-state index contributed by atoms with van der Waals surface area (Å²) in [6.07, 6.45) is 0. The van der Waals surface area contributed by atoms with Crippen LogP contribution in [0.1, 0.15) is 22.8 Å². The first-order valence-electron chi connectivity index (χ1n) is 7.23. The molecule has 1 heterocycles. The molecule has 0 aliphatic carbocycles. The summed E-state index contributed by atoms with van der Waals surface area (Å²) < 4.78 is 5.29. The van der Waals surface area contributed by atoms with Crippen molar-refractivity contribution in [2.24, 2.45) is 5.10 Å². The van der Waals surface area contributed by atoms with E-state index in [-0.39, 0.29) is 18.3 Å². The smallest absolute Gasteiger partial charge is 0.271 e. The molecule has 0 saturated heterocycles. The molecule has 3 N–H and O–H groups in total. The van der Waals surface area contributed by atoms with Gasteiger partial charge in [0.05, 0.1) is 11.4 Å². The first-order valence-corrected chi connectivity index (χ1v) is 7.23. The summed E-state index contributed by atoms with van der Waals surface area (Å²) in [6.45, 7) is 1.73. The molecule has 0 aromatic heterocycles. The Labute approximate surface area is 138 Å². The fraction of sp³-hybridized carbons (Fsp3) is 0.118. The minimum Gasteiger partial charge on any atom is -0.508 e. The van der Waals surface area contributed by atoms with Gasteiger partial charge >= 0.3 is 0 Å². The summed E-state index contributed by atoms with van der Waals surface area (Å²) in [5.74, 6) is -0.0463. The van der Waals surface area contributed by atoms with Gasteiger partial charge in [0.15, 0.2) is 6.61 Å². The Balaban J connectivity index is 1.75. The van der Waals surface area contributed by atoms with E-state index < -0.39 is 5.91 Å². The molecule has 0 saturated carbocycles. The van der Waals surface area contributed by atoms with E-state index in [0.717, 1.165) is 5.56 Å². The summed E-state index contributed by atoms with van der Waals surface area (Å²) in [7, 11) is 0. The molecule has 0 atom stereocenters. The largest absolute Gasteiger partial charge is 0.508 e. The number of rotatable bonds is 3. The van der Waals surface area contributed by atoms with Crippen LogP contribution in [0.5, 0.6) is 11.5 Å². The fourth-order valence-electron chi connectivity index (χ4n) is 2.22. The van der Waals surface area contributed by atoms with E-state index in [4.69, 9.17) is 4.74 Å². The minimum atomic E-state index is -0.431. The first-order chi connectivity index (χ1) is 11.5. The quantitative estimate of drug-likeness (QED) is 0.592. The van der Waals surface area contributed by atoms with Crippen LogP contribution in [0.25, 0.3) is 0 Å². The molecule has 0 unspecified atom stereocenters. The SMILES string of the molecule is C/C(=N/NC(=O)c1cccc(O)c1)c1ccc2c(c1)NC(=O)CO2. The normalized spacial score (nSPS) is 13.5. The van der Waals surface area contributed by atoms with Crippen molar-refractivity contribution in [1.29, 1.82) is 0 Å². The number of anilines is 1. The molecular formula is C17H15N3O4. The molecule has 122 valence electrons. The number of amides is 2. The van der Waals surface area contributed by atoms with Crippen LogP contribution < -0.4 is 15.5 Å². The molecule has 2 aromatic rings. The summed E-state index contributed by atoms with van der Waals surface area (Å²) in [5.41, 5.74) is 4.60. The van der Waals surface area contributed by atoms with Crippen molar-refractivity contribution in [3.63, 3.8) is 0 Å². The van der Waals surface area contributed by atoms with Crippen LogP contribution in [0.15, 0.2) is 47.6 Å². The van der Waals surface area contributed by atoms with Crippen molar-refractivity contribution in [1.82, 2.24) is 5.43 Å². The second-order valence-corrected chi connectivity index (χ2v) is 5.24. The number of fused-ring (bicyclic) bond motifs is 1. The zero-order chi connectivity index (χ0) is 17.1. The summed E-state index contributed by atoms with van der Waals surface area (Å²) >= 11 is 0. The number of nitrogens with one attached hydrogen (secondary N) is 2. The van der Waals surface area contributed by atoms with Crippen LogP contribution in [0, 0.1) is 0 Å². The van der Waals surface area contributed by atoms with Gasteiger partial charge in [-0.15, -0.1) is 0 Å². The number of carbonyl (C=O) groups excluding carboxylic acids is 2. The van der Waals surface area contributed by atoms with Gasteiger partial charge in [0.1, 0.15) is 11.5 Å². The van der Waals surface area contributed by atoms with Crippen LogP contribution in [0.3, 0.4) is 0 Å². The molecule has 1 aliphatic heterocycles. The molecule has 7 heteroatoms. The Morgan fingerprint density at radius 3 is 2.88 bits per heavy atom. The van der Waals surface area contributed by atoms with Crippen LogP contribution in [0.2, 0.25) is 0 Å². The van der Waals surface area contributed by atoms with Crippen molar-refractivity contribution in [2.45, 2.75) is 6.92 Å². The highest BCUT2D eigenvalue weighted by molar-refractivity contribution is 6.03. The van der Waals surface area contributed by atoms with E-state index >= 15 is 0 Å². The highest BCUT2D eigenvalue weighted by atomic mass is 16.5. The molecule has 1 aliphatic rings. The lowest BCUT2D eigenvalue weighted by molar-refractivity contribution is -0.118. The van der Waals surface area contributed by atoms with Gasteiger partial charge in [0.2, 0.25) is 0 Å². The number of phenolic OH excluding ortho intramolecular Hbond substituents is 1. The molecule has 0 radical (unpaired) electrons. The van der Waals surface area contributed by atoms with Crippen LogP contribution in [0.4, 0.5) is 5.69 Å². The van der Waals surface area contributed by atoms with Crippen molar-refractivity contribution in [3.05, 3.63) is 53.6 Å². The third-order valence-electron chi connectivity index (χ3n) is 3.46. The number of ether oxygens (including phenoxy) is 1. The summed E-state index contributed by atoms with van der Waals surface area (Å²) in [6, 6.07) is 11.2. The van der Waals surface area contributed by atoms with Crippen molar-refractivity contribution in [3.8, 4) is 11.5 Å². The Morgan fingerprint density at radius 1 is 1.25 bits per heavy atom. The Bertz CT molecular complexity index is 845. The maximum absolute atomic E-state index is 12.0. The van der Waals surface area contributed by atoms with E-state index in [9.17, 15) is 14.7 Å². The number of aromatic hydroxyl groups is 1. The number of carbonyl (C=O) groups is 2. The van der Waals surface area contributed by atoms with Gasteiger partial charge in [0, 0.05) is 5.56 Å². The maximum Gasteiger partial charge on any atom is 0.271 e. The van der Waals surface area contributed by atoms with Gasteiger partial charge in [-0.2, -0.15) is 5.10 Å². The van der Waals surface area contributed by atoms with Gasteiger partial charge in [-0.25, -0.2) is 5.43 Å². The Kier molecular flexibility index (Phi) is 4.15. The van der Waals surface area contributed by atoms with Gasteiger partial charge in [-0.05, 0) is 48.9 Å². The van der Waals surface area contributed by atoms with Gasteiger partial charge in [-0.1, -0.05) is 6.07 Å². The van der Waals surface area contributed by atoms with Gasteiger partial charge < -0.3 is 15.2 Å². The van der Waals surface area contributed by atoms with E-state index in [0.29, 0.717) is 22.7 Å². The zero-order valence-electron chi connectivity index (χ0n) is 12.9. The lowest BCUT2D eigenvalue weighted by Crippen LogP contribution is -2.25. The Morgan fingerprint density at radius 2 is 2.08 bits per heavy atom. The molecule has 3 rings (SSSR count). The van der Waals surface area contributed by atoms with Crippen LogP contribution in [-0.4, -0.2) is 29.2 Å². The van der Waals surface area contributed by atoms with E-state index in [1.54, 1.807) is 37.3 Å². The molecule has 0 bridgehead atoms. The molecule has 0 fully saturated rings. The minimum absolute atomic E-state index is 0.000599.